The van der Waals surface area contributed by atoms with Gasteiger partial charge in [0.2, 0.25) is 0 Å². The van der Waals surface area contributed by atoms with Crippen molar-refractivity contribution in [1.82, 2.24) is 5.32 Å². The van der Waals surface area contributed by atoms with Crippen molar-refractivity contribution < 1.29 is 4.79 Å². The first kappa shape index (κ1) is 12.7. The van der Waals surface area contributed by atoms with Crippen LogP contribution in [0.1, 0.15) is 28.1 Å². The van der Waals surface area contributed by atoms with E-state index in [1.807, 2.05) is 18.0 Å². The molecule has 0 aliphatic heterocycles. The molecule has 1 aromatic rings. The summed E-state index contributed by atoms with van der Waals surface area (Å²) in [6.07, 6.45) is 2.48. The first-order valence-corrected chi connectivity index (χ1v) is 6.65. The predicted octanol–water partition coefficient (Wildman–Crippen LogP) is 1.41. The fourth-order valence-corrected chi connectivity index (χ4v) is 2.88. The molecule has 0 saturated heterocycles. The maximum Gasteiger partial charge on any atom is 0.256 e. The maximum absolute atomic E-state index is 11.9. The smallest absolute Gasteiger partial charge is 0.256 e. The van der Waals surface area contributed by atoms with Gasteiger partial charge in [-0.25, -0.2) is 0 Å². The van der Waals surface area contributed by atoms with Gasteiger partial charge in [0.25, 0.3) is 5.91 Å². The molecule has 18 heavy (non-hydrogen) atoms. The predicted molar refractivity (Wildman–Crippen MR) is 72.8 cm³/mol. The highest BCUT2D eigenvalue weighted by molar-refractivity contribution is 7.17. The van der Waals surface area contributed by atoms with Gasteiger partial charge in [-0.05, 0) is 18.8 Å². The molecule has 1 saturated carbocycles. The monoisotopic (exact) mass is 264 g/mol. The molecule has 0 atom stereocenters. The summed E-state index contributed by atoms with van der Waals surface area (Å²) in [7, 11) is 3.51. The zero-order valence-corrected chi connectivity index (χ0v) is 11.3. The van der Waals surface area contributed by atoms with Gasteiger partial charge in [0.1, 0.15) is 15.9 Å². The Balaban J connectivity index is 2.37. The Morgan fingerprint density at radius 3 is 2.83 bits per heavy atom. The number of rotatable bonds is 4. The molecule has 0 spiro atoms. The van der Waals surface area contributed by atoms with Crippen molar-refractivity contribution in [2.24, 2.45) is 5.92 Å². The van der Waals surface area contributed by atoms with Crippen molar-refractivity contribution in [3.63, 3.8) is 0 Å². The number of nitrogen functional groups attached to an aromatic ring is 1. The van der Waals surface area contributed by atoms with Crippen molar-refractivity contribution >= 4 is 27.9 Å². The molecule has 1 heterocycles. The summed E-state index contributed by atoms with van der Waals surface area (Å²) in [5.74, 6) is 0.476. The molecule has 1 amide bonds. The lowest BCUT2D eigenvalue weighted by Crippen LogP contribution is -2.25. The molecule has 5 nitrogen and oxygen atoms in total. The number of hydrogen-bond acceptors (Lipinski definition) is 5. The van der Waals surface area contributed by atoms with Gasteiger partial charge in [-0.2, -0.15) is 5.26 Å². The van der Waals surface area contributed by atoms with E-state index in [9.17, 15) is 4.79 Å². The van der Waals surface area contributed by atoms with E-state index in [1.165, 1.54) is 24.2 Å². The molecular weight excluding hydrogens is 248 g/mol. The minimum atomic E-state index is -0.233. The normalized spacial score (nSPS) is 14.1. The van der Waals surface area contributed by atoms with E-state index in [2.05, 4.69) is 5.32 Å². The zero-order valence-electron chi connectivity index (χ0n) is 10.5. The first-order chi connectivity index (χ1) is 8.58. The van der Waals surface area contributed by atoms with Gasteiger partial charge in [0.15, 0.2) is 0 Å². The number of carbonyl (C=O) groups is 1. The van der Waals surface area contributed by atoms with Crippen LogP contribution in [0.25, 0.3) is 0 Å². The summed E-state index contributed by atoms with van der Waals surface area (Å²) >= 11 is 1.29. The number of carbonyl (C=O) groups excluding carboxylic acids is 1. The Kier molecular flexibility index (Phi) is 3.43. The van der Waals surface area contributed by atoms with Gasteiger partial charge < -0.3 is 16.0 Å². The summed E-state index contributed by atoms with van der Waals surface area (Å²) in [6.45, 7) is 0.912. The van der Waals surface area contributed by atoms with E-state index in [-0.39, 0.29) is 5.91 Å². The lowest BCUT2D eigenvalue weighted by atomic mass is 10.2. The Morgan fingerprint density at radius 2 is 2.33 bits per heavy atom. The van der Waals surface area contributed by atoms with Crippen LogP contribution in [-0.4, -0.2) is 26.5 Å². The number of nitriles is 1. The SMILES string of the molecule is CNC(=O)c1c(N(C)CC2CC2)sc(C#N)c1N. The van der Waals surface area contributed by atoms with E-state index in [0.29, 0.717) is 22.0 Å². The van der Waals surface area contributed by atoms with Crippen molar-refractivity contribution in [2.45, 2.75) is 12.8 Å². The Bertz CT molecular complexity index is 513. The molecule has 3 N–H and O–H groups in total. The van der Waals surface area contributed by atoms with E-state index in [0.717, 1.165) is 11.5 Å². The minimum absolute atomic E-state index is 0.233. The van der Waals surface area contributed by atoms with E-state index in [4.69, 9.17) is 11.0 Å². The fraction of sp³-hybridized carbons (Fsp3) is 0.500. The van der Waals surface area contributed by atoms with Gasteiger partial charge >= 0.3 is 0 Å². The quantitative estimate of drug-likeness (QED) is 0.861. The molecule has 0 radical (unpaired) electrons. The molecule has 0 aromatic carbocycles. The molecular formula is C12H16N4OS. The highest BCUT2D eigenvalue weighted by Gasteiger charge is 2.28. The minimum Gasteiger partial charge on any atom is -0.396 e. The van der Waals surface area contributed by atoms with Gasteiger partial charge in [0.05, 0.1) is 11.3 Å². The lowest BCUT2D eigenvalue weighted by Gasteiger charge is -2.18. The maximum atomic E-state index is 11.9. The number of hydrogen-bond donors (Lipinski definition) is 2. The average molecular weight is 264 g/mol. The number of anilines is 2. The second-order valence-corrected chi connectivity index (χ2v) is 5.54. The molecule has 1 aliphatic carbocycles. The van der Waals surface area contributed by atoms with Crippen molar-refractivity contribution in [1.29, 1.82) is 5.26 Å². The second kappa shape index (κ2) is 4.86. The molecule has 0 unspecified atom stereocenters. The van der Waals surface area contributed by atoms with Crippen LogP contribution >= 0.6 is 11.3 Å². The molecule has 2 rings (SSSR count). The number of amides is 1. The van der Waals surface area contributed by atoms with Crippen LogP contribution in [0, 0.1) is 17.2 Å². The van der Waals surface area contributed by atoms with E-state index in [1.54, 1.807) is 7.05 Å². The number of nitrogens with two attached hydrogens (primary N) is 1. The summed E-state index contributed by atoms with van der Waals surface area (Å²) in [5, 5.41) is 12.4. The molecule has 96 valence electrons. The largest absolute Gasteiger partial charge is 0.396 e. The average Bonchev–Trinajstić information content (AvgIpc) is 3.10. The highest BCUT2D eigenvalue weighted by Crippen LogP contribution is 2.39. The summed E-state index contributed by atoms with van der Waals surface area (Å²) in [4.78, 5) is 14.3. The third kappa shape index (κ3) is 2.27. The standard InChI is InChI=1S/C12H16N4OS/c1-15-11(17)9-10(14)8(5-13)18-12(9)16(2)6-7-3-4-7/h7H,3-4,6,14H2,1-2H3,(H,15,17). The van der Waals surface area contributed by atoms with Gasteiger partial charge in [-0.15, -0.1) is 11.3 Å². The first-order valence-electron chi connectivity index (χ1n) is 5.84. The van der Waals surface area contributed by atoms with Crippen LogP contribution in [-0.2, 0) is 0 Å². The molecule has 1 aromatic heterocycles. The highest BCUT2D eigenvalue weighted by atomic mass is 32.1. The second-order valence-electron chi connectivity index (χ2n) is 4.54. The topological polar surface area (TPSA) is 82.2 Å². The third-order valence-electron chi connectivity index (χ3n) is 3.06. The number of nitrogens with zero attached hydrogens (tertiary/aromatic N) is 2. The Hall–Kier alpha value is -1.74. The van der Waals surface area contributed by atoms with Crippen molar-refractivity contribution in [3.8, 4) is 6.07 Å². The molecule has 1 fully saturated rings. The van der Waals surface area contributed by atoms with Crippen LogP contribution in [0.2, 0.25) is 0 Å². The number of thiophene rings is 1. The number of nitrogens with one attached hydrogen (secondary N) is 1. The van der Waals surface area contributed by atoms with Crippen LogP contribution in [0.4, 0.5) is 10.7 Å². The summed E-state index contributed by atoms with van der Waals surface area (Å²) < 4.78 is 0. The van der Waals surface area contributed by atoms with Gasteiger partial charge in [0, 0.05) is 20.6 Å². The molecule has 1 aliphatic rings. The molecule has 6 heteroatoms. The van der Waals surface area contributed by atoms with Crippen LogP contribution < -0.4 is 16.0 Å². The summed E-state index contributed by atoms with van der Waals surface area (Å²) in [6, 6.07) is 2.05. The van der Waals surface area contributed by atoms with Crippen LogP contribution in [0.3, 0.4) is 0 Å². The Labute approximate surface area is 110 Å². The van der Waals surface area contributed by atoms with Crippen LogP contribution in [0.5, 0.6) is 0 Å². The fourth-order valence-electron chi connectivity index (χ4n) is 1.90. The summed E-state index contributed by atoms with van der Waals surface area (Å²) in [5.41, 5.74) is 6.60. The third-order valence-corrected chi connectivity index (χ3v) is 4.28. The molecule has 0 bridgehead atoms. The van der Waals surface area contributed by atoms with E-state index < -0.39 is 0 Å². The van der Waals surface area contributed by atoms with E-state index >= 15 is 0 Å². The van der Waals surface area contributed by atoms with Crippen molar-refractivity contribution in [3.05, 3.63) is 10.4 Å². The van der Waals surface area contributed by atoms with Crippen molar-refractivity contribution in [2.75, 3.05) is 31.3 Å². The van der Waals surface area contributed by atoms with Gasteiger partial charge in [-0.3, -0.25) is 4.79 Å². The van der Waals surface area contributed by atoms with Crippen LogP contribution in [0.15, 0.2) is 0 Å². The Morgan fingerprint density at radius 1 is 1.67 bits per heavy atom. The van der Waals surface area contributed by atoms with Gasteiger partial charge in [-0.1, -0.05) is 0 Å². The lowest BCUT2D eigenvalue weighted by molar-refractivity contribution is 0.0965. The zero-order chi connectivity index (χ0) is 13.3.